The van der Waals surface area contributed by atoms with E-state index in [4.69, 9.17) is 5.73 Å². The van der Waals surface area contributed by atoms with E-state index in [-0.39, 0.29) is 17.1 Å². The van der Waals surface area contributed by atoms with Gasteiger partial charge in [-0.25, -0.2) is 13.6 Å². The fraction of sp³-hybridized carbons (Fsp3) is 0.333. The van der Waals surface area contributed by atoms with E-state index in [2.05, 4.69) is 0 Å². The number of aromatic carboxylic acids is 1. The van der Waals surface area contributed by atoms with Gasteiger partial charge in [-0.2, -0.15) is 0 Å². The van der Waals surface area contributed by atoms with Crippen LogP contribution in [0.4, 0.5) is 14.5 Å². The molecule has 0 spiro atoms. The van der Waals surface area contributed by atoms with Crippen molar-refractivity contribution < 1.29 is 23.8 Å². The van der Waals surface area contributed by atoms with Gasteiger partial charge in [0.25, 0.3) is 0 Å². The first kappa shape index (κ1) is 19.2. The van der Waals surface area contributed by atoms with Crippen LogP contribution in [0, 0.1) is 11.6 Å². The number of pyridine rings is 1. The van der Waals surface area contributed by atoms with Crippen molar-refractivity contribution in [1.29, 1.82) is 0 Å². The molecule has 1 saturated carbocycles. The monoisotopic (exact) mass is 432 g/mol. The van der Waals surface area contributed by atoms with Crippen LogP contribution < -0.4 is 11.2 Å². The number of carboxylic acids is 1. The van der Waals surface area contributed by atoms with Crippen LogP contribution in [0.1, 0.15) is 58.6 Å². The van der Waals surface area contributed by atoms with Gasteiger partial charge in [0.1, 0.15) is 5.56 Å². The van der Waals surface area contributed by atoms with E-state index < -0.39 is 45.8 Å². The average Bonchev–Trinajstić information content (AvgIpc) is 3.45. The SMILES string of the molecule is Nc1c(F)c(-c2cc3c(s2)C(O)CCC3)c(F)c2c1c(=O)c(C(=O)O)cn2C1CC1. The van der Waals surface area contributed by atoms with Gasteiger partial charge >= 0.3 is 5.97 Å². The number of nitrogen functional groups attached to an aromatic ring is 1. The number of benzene rings is 1. The van der Waals surface area contributed by atoms with Gasteiger partial charge in [-0.1, -0.05) is 0 Å². The van der Waals surface area contributed by atoms with Crippen LogP contribution in [0.3, 0.4) is 0 Å². The number of carboxylic acid groups (broad SMARTS) is 1. The minimum absolute atomic E-state index is 0.170. The molecule has 0 amide bonds. The highest BCUT2D eigenvalue weighted by Crippen LogP contribution is 2.45. The van der Waals surface area contributed by atoms with Crippen molar-refractivity contribution in [3.05, 3.63) is 50.1 Å². The van der Waals surface area contributed by atoms with Crippen molar-refractivity contribution in [2.45, 2.75) is 44.2 Å². The summed E-state index contributed by atoms with van der Waals surface area (Å²) in [7, 11) is 0. The topological polar surface area (TPSA) is 106 Å². The van der Waals surface area contributed by atoms with Gasteiger partial charge in [-0.3, -0.25) is 4.79 Å². The largest absolute Gasteiger partial charge is 0.477 e. The highest BCUT2D eigenvalue weighted by molar-refractivity contribution is 7.15. The number of nitrogens with zero attached hydrogens (tertiary/aromatic N) is 1. The van der Waals surface area contributed by atoms with E-state index in [1.165, 1.54) is 4.57 Å². The van der Waals surface area contributed by atoms with Gasteiger partial charge in [0.15, 0.2) is 11.6 Å². The Morgan fingerprint density at radius 3 is 2.60 bits per heavy atom. The molecule has 6 nitrogen and oxygen atoms in total. The summed E-state index contributed by atoms with van der Waals surface area (Å²) in [5.41, 5.74) is 4.15. The Morgan fingerprint density at radius 1 is 1.23 bits per heavy atom. The molecule has 3 aromatic rings. The zero-order valence-corrected chi connectivity index (χ0v) is 16.6. The maximum atomic E-state index is 15.8. The lowest BCUT2D eigenvalue weighted by Crippen LogP contribution is -2.21. The van der Waals surface area contributed by atoms with Crippen molar-refractivity contribution in [2.24, 2.45) is 0 Å². The van der Waals surface area contributed by atoms with Crippen molar-refractivity contribution in [1.82, 2.24) is 4.57 Å². The maximum Gasteiger partial charge on any atom is 0.341 e. The summed E-state index contributed by atoms with van der Waals surface area (Å²) in [6, 6.07) is 1.50. The summed E-state index contributed by atoms with van der Waals surface area (Å²) in [6.07, 6.45) is 3.94. The molecule has 9 heteroatoms. The van der Waals surface area contributed by atoms with E-state index in [9.17, 15) is 19.8 Å². The Bertz CT molecular complexity index is 1290. The van der Waals surface area contributed by atoms with Crippen LogP contribution in [-0.2, 0) is 6.42 Å². The van der Waals surface area contributed by atoms with Gasteiger partial charge < -0.3 is 20.5 Å². The molecular formula is C21H18F2N2O4S. The summed E-state index contributed by atoms with van der Waals surface area (Å²) in [5, 5.41) is 19.2. The van der Waals surface area contributed by atoms with Crippen LogP contribution in [0.5, 0.6) is 0 Å². The van der Waals surface area contributed by atoms with E-state index in [1.807, 2.05) is 0 Å². The molecule has 30 heavy (non-hydrogen) atoms. The number of carbonyl (C=O) groups is 1. The highest BCUT2D eigenvalue weighted by Gasteiger charge is 2.33. The lowest BCUT2D eigenvalue weighted by molar-refractivity contribution is 0.0694. The number of aliphatic hydroxyl groups is 1. The molecule has 0 saturated heterocycles. The van der Waals surface area contributed by atoms with E-state index in [0.29, 0.717) is 35.4 Å². The Kier molecular flexibility index (Phi) is 4.23. The van der Waals surface area contributed by atoms with Crippen LogP contribution in [0.2, 0.25) is 0 Å². The second-order valence-corrected chi connectivity index (χ2v) is 8.95. The Labute approximate surface area is 173 Å². The van der Waals surface area contributed by atoms with E-state index in [1.54, 1.807) is 6.07 Å². The zero-order valence-electron chi connectivity index (χ0n) is 15.7. The summed E-state index contributed by atoms with van der Waals surface area (Å²) >= 11 is 1.12. The summed E-state index contributed by atoms with van der Waals surface area (Å²) in [6.45, 7) is 0. The van der Waals surface area contributed by atoms with Gasteiger partial charge in [0.2, 0.25) is 5.43 Å². The lowest BCUT2D eigenvalue weighted by Gasteiger charge is -2.16. The molecule has 2 aromatic heterocycles. The van der Waals surface area contributed by atoms with Gasteiger partial charge in [-0.05, 0) is 43.7 Å². The summed E-state index contributed by atoms with van der Waals surface area (Å²) in [4.78, 5) is 25.2. The number of rotatable bonds is 3. The third-order valence-electron chi connectivity index (χ3n) is 5.87. The first-order valence-corrected chi connectivity index (χ1v) is 10.5. The molecule has 2 aliphatic carbocycles. The fourth-order valence-electron chi connectivity index (χ4n) is 4.24. The molecule has 0 bridgehead atoms. The summed E-state index contributed by atoms with van der Waals surface area (Å²) in [5.74, 6) is -3.50. The van der Waals surface area contributed by atoms with Crippen LogP contribution in [0.25, 0.3) is 21.3 Å². The molecule has 0 radical (unpaired) electrons. The van der Waals surface area contributed by atoms with Crippen molar-refractivity contribution in [3.8, 4) is 10.4 Å². The van der Waals surface area contributed by atoms with Gasteiger partial charge in [-0.15, -0.1) is 11.3 Å². The number of halogens is 2. The predicted octanol–water partition coefficient (Wildman–Crippen LogP) is 3.99. The number of hydrogen-bond donors (Lipinski definition) is 3. The van der Waals surface area contributed by atoms with Crippen molar-refractivity contribution >= 4 is 33.9 Å². The first-order valence-electron chi connectivity index (χ1n) is 9.69. The number of aromatic nitrogens is 1. The van der Waals surface area contributed by atoms with Crippen LogP contribution in [0.15, 0.2) is 17.1 Å². The summed E-state index contributed by atoms with van der Waals surface area (Å²) < 4.78 is 32.4. The Balaban J connectivity index is 1.86. The smallest absolute Gasteiger partial charge is 0.341 e. The lowest BCUT2D eigenvalue weighted by atomic mass is 9.96. The number of hydrogen-bond acceptors (Lipinski definition) is 5. The number of aryl methyl sites for hydroxylation is 1. The Morgan fingerprint density at radius 2 is 1.97 bits per heavy atom. The van der Waals surface area contributed by atoms with E-state index >= 15 is 8.78 Å². The number of fused-ring (bicyclic) bond motifs is 2. The molecule has 5 rings (SSSR count). The van der Waals surface area contributed by atoms with Crippen molar-refractivity contribution in [3.63, 3.8) is 0 Å². The van der Waals surface area contributed by atoms with Gasteiger partial charge in [0.05, 0.1) is 28.3 Å². The third kappa shape index (κ3) is 2.69. The third-order valence-corrected chi connectivity index (χ3v) is 7.17. The molecule has 2 aliphatic rings. The molecule has 4 N–H and O–H groups in total. The van der Waals surface area contributed by atoms with Crippen LogP contribution in [-0.4, -0.2) is 20.7 Å². The molecule has 0 aliphatic heterocycles. The Hall–Kier alpha value is -2.78. The normalized spacial score (nSPS) is 18.6. The molecule has 1 unspecified atom stereocenters. The average molecular weight is 432 g/mol. The molecule has 156 valence electrons. The second kappa shape index (κ2) is 6.61. The van der Waals surface area contributed by atoms with Crippen LogP contribution >= 0.6 is 11.3 Å². The molecule has 2 heterocycles. The fourth-order valence-corrected chi connectivity index (χ4v) is 5.50. The predicted molar refractivity (Wildman–Crippen MR) is 109 cm³/mol. The van der Waals surface area contributed by atoms with E-state index in [0.717, 1.165) is 29.5 Å². The minimum Gasteiger partial charge on any atom is -0.477 e. The minimum atomic E-state index is -1.47. The number of aliphatic hydroxyl groups excluding tert-OH is 1. The molecule has 1 atom stereocenters. The standard InChI is InChI=1S/C21H18F2N2O4S/c22-15-13(12-6-8-2-1-3-11(26)20(8)30-12)16(23)18-14(17(15)24)19(27)10(21(28)29)7-25(18)9-4-5-9/h6-7,9,11,26H,1-5,24H2,(H,28,29). The quantitative estimate of drug-likeness (QED) is 0.543. The zero-order chi connectivity index (χ0) is 21.3. The highest BCUT2D eigenvalue weighted by atomic mass is 32.1. The van der Waals surface area contributed by atoms with Gasteiger partial charge in [0, 0.05) is 22.0 Å². The maximum absolute atomic E-state index is 15.8. The first-order chi connectivity index (χ1) is 14.3. The number of nitrogens with two attached hydrogens (primary N) is 1. The number of thiophene rings is 1. The molecule has 1 aromatic carbocycles. The van der Waals surface area contributed by atoms with Crippen molar-refractivity contribution in [2.75, 3.05) is 5.73 Å². The molecule has 1 fully saturated rings. The molecular weight excluding hydrogens is 414 g/mol. The second-order valence-electron chi connectivity index (χ2n) is 7.86. The number of anilines is 1.